The molecule has 0 aliphatic heterocycles. The molecule has 0 saturated carbocycles. The van der Waals surface area contributed by atoms with Gasteiger partial charge in [-0.05, 0) is 24.4 Å². The number of thiophene rings is 1. The Morgan fingerprint density at radius 1 is 1.46 bits per heavy atom. The zero-order valence-electron chi connectivity index (χ0n) is 12.3. The molecule has 0 spiro atoms. The molecule has 0 aliphatic carbocycles. The quantitative estimate of drug-likeness (QED) is 0.622. The summed E-state index contributed by atoms with van der Waals surface area (Å²) in [5.41, 5.74) is 0. The van der Waals surface area contributed by atoms with Crippen molar-refractivity contribution in [2.75, 3.05) is 5.32 Å². The highest BCUT2D eigenvalue weighted by Gasteiger charge is 2.19. The number of carbonyl (C=O) groups is 1. The van der Waals surface area contributed by atoms with E-state index in [9.17, 15) is 4.79 Å². The molecule has 3 rings (SSSR count). The summed E-state index contributed by atoms with van der Waals surface area (Å²) in [6.07, 6.45) is 1.42. The third kappa shape index (κ3) is 4.07. The Hall–Kier alpha value is -1.61. The Kier molecular flexibility index (Phi) is 5.40. The Bertz CT molecular complexity index is 853. The van der Waals surface area contributed by atoms with Gasteiger partial charge in [0.15, 0.2) is 11.6 Å². The minimum atomic E-state index is -0.425. The molecule has 1 atom stereocenters. The topological polar surface area (TPSA) is 83.6 Å². The maximum absolute atomic E-state index is 12.3. The molecule has 0 bridgehead atoms. The van der Waals surface area contributed by atoms with Crippen LogP contribution in [0.5, 0.6) is 0 Å². The maximum atomic E-state index is 12.3. The molecule has 10 heteroatoms. The zero-order valence-corrected chi connectivity index (χ0v) is 15.4. The molecular weight excluding hydrogens is 389 g/mol. The Labute approximate surface area is 156 Å². The number of hydrogen-bond acceptors (Lipinski definition) is 6. The van der Waals surface area contributed by atoms with E-state index in [4.69, 9.17) is 23.2 Å². The Morgan fingerprint density at radius 3 is 3.00 bits per heavy atom. The van der Waals surface area contributed by atoms with Gasteiger partial charge in [-0.3, -0.25) is 9.89 Å². The van der Waals surface area contributed by atoms with Crippen LogP contribution in [0.25, 0.3) is 10.7 Å². The number of anilines is 1. The number of rotatable bonds is 5. The molecule has 1 amide bonds. The number of thioether (sulfide) groups is 1. The van der Waals surface area contributed by atoms with Crippen molar-refractivity contribution in [3.63, 3.8) is 0 Å². The standard InChI is InChI=1S/C14H11Cl2N5OS2/c1-7(13(22)18-11-9(16)5-8(15)6-17-11)24-14-19-12(20-21-14)10-3-2-4-23-10/h2-7H,1H3,(H,17,18,22)(H,19,20,21). The molecule has 0 aliphatic rings. The number of amides is 1. The summed E-state index contributed by atoms with van der Waals surface area (Å²) in [4.78, 5) is 21.6. The molecule has 0 aromatic carbocycles. The first-order valence-electron chi connectivity index (χ1n) is 6.78. The van der Waals surface area contributed by atoms with Gasteiger partial charge in [0.05, 0.1) is 20.2 Å². The number of carbonyl (C=O) groups excluding carboxylic acids is 1. The Balaban J connectivity index is 1.64. The van der Waals surface area contributed by atoms with E-state index in [1.54, 1.807) is 18.3 Å². The second-order valence-corrected chi connectivity index (χ2v) is 7.78. The molecule has 124 valence electrons. The SMILES string of the molecule is CC(Sc1n[nH]c(-c2cccs2)n1)C(=O)Nc1ncc(Cl)cc1Cl. The van der Waals surface area contributed by atoms with Gasteiger partial charge >= 0.3 is 0 Å². The molecule has 3 heterocycles. The minimum absolute atomic E-state index is 0.251. The molecular formula is C14H11Cl2N5OS2. The largest absolute Gasteiger partial charge is 0.308 e. The van der Waals surface area contributed by atoms with E-state index < -0.39 is 5.25 Å². The van der Waals surface area contributed by atoms with Gasteiger partial charge in [-0.25, -0.2) is 9.97 Å². The van der Waals surface area contributed by atoms with Crippen LogP contribution in [0.1, 0.15) is 6.92 Å². The van der Waals surface area contributed by atoms with E-state index in [1.807, 2.05) is 17.5 Å². The number of hydrogen-bond donors (Lipinski definition) is 2. The summed E-state index contributed by atoms with van der Waals surface area (Å²) in [7, 11) is 0. The third-order valence-corrected chi connectivity index (χ3v) is 5.25. The molecule has 1 unspecified atom stereocenters. The van der Waals surface area contributed by atoms with Gasteiger partial charge in [-0.15, -0.1) is 16.4 Å². The smallest absolute Gasteiger partial charge is 0.238 e. The first-order valence-corrected chi connectivity index (χ1v) is 9.29. The highest BCUT2D eigenvalue weighted by Crippen LogP contribution is 2.27. The number of halogens is 2. The van der Waals surface area contributed by atoms with Crippen molar-refractivity contribution < 1.29 is 4.79 Å². The average molecular weight is 400 g/mol. The van der Waals surface area contributed by atoms with Crippen molar-refractivity contribution >= 4 is 58.0 Å². The van der Waals surface area contributed by atoms with Crippen molar-refractivity contribution in [1.82, 2.24) is 20.2 Å². The second kappa shape index (κ2) is 7.52. The van der Waals surface area contributed by atoms with Crippen LogP contribution in [0.3, 0.4) is 0 Å². The molecule has 6 nitrogen and oxygen atoms in total. The average Bonchev–Trinajstić information content (AvgIpc) is 3.20. The van der Waals surface area contributed by atoms with Crippen LogP contribution in [0.4, 0.5) is 5.82 Å². The fraction of sp³-hybridized carbons (Fsp3) is 0.143. The van der Waals surface area contributed by atoms with E-state index in [-0.39, 0.29) is 16.7 Å². The van der Waals surface area contributed by atoms with Crippen molar-refractivity contribution in [2.45, 2.75) is 17.3 Å². The fourth-order valence-corrected chi connectivity index (χ4v) is 3.57. The van der Waals surface area contributed by atoms with Crippen LogP contribution < -0.4 is 5.32 Å². The highest BCUT2D eigenvalue weighted by atomic mass is 35.5. The molecule has 0 fully saturated rings. The van der Waals surface area contributed by atoms with Gasteiger partial charge in [0.2, 0.25) is 11.1 Å². The van der Waals surface area contributed by atoms with Crippen LogP contribution in [0.15, 0.2) is 34.9 Å². The molecule has 24 heavy (non-hydrogen) atoms. The van der Waals surface area contributed by atoms with Crippen molar-refractivity contribution in [3.8, 4) is 10.7 Å². The molecule has 0 radical (unpaired) electrons. The van der Waals surface area contributed by atoms with Gasteiger partial charge < -0.3 is 5.32 Å². The van der Waals surface area contributed by atoms with E-state index in [0.717, 1.165) is 4.88 Å². The second-order valence-electron chi connectivity index (χ2n) is 4.68. The minimum Gasteiger partial charge on any atom is -0.308 e. The summed E-state index contributed by atoms with van der Waals surface area (Å²) in [6, 6.07) is 5.41. The van der Waals surface area contributed by atoms with Gasteiger partial charge in [-0.2, -0.15) is 0 Å². The number of pyridine rings is 1. The normalized spacial score (nSPS) is 12.1. The molecule has 2 N–H and O–H groups in total. The first kappa shape index (κ1) is 17.2. The Morgan fingerprint density at radius 2 is 2.29 bits per heavy atom. The van der Waals surface area contributed by atoms with Crippen LogP contribution >= 0.6 is 46.3 Å². The summed E-state index contributed by atoms with van der Waals surface area (Å²) in [5, 5.41) is 12.4. The van der Waals surface area contributed by atoms with E-state index in [2.05, 4.69) is 25.5 Å². The fourth-order valence-electron chi connectivity index (χ4n) is 1.76. The highest BCUT2D eigenvalue weighted by molar-refractivity contribution is 8.00. The number of nitrogens with zero attached hydrogens (tertiary/aromatic N) is 3. The monoisotopic (exact) mass is 399 g/mol. The summed E-state index contributed by atoms with van der Waals surface area (Å²) in [5.74, 6) is 0.703. The molecule has 3 aromatic heterocycles. The third-order valence-electron chi connectivity index (χ3n) is 2.92. The van der Waals surface area contributed by atoms with Crippen molar-refractivity contribution in [3.05, 3.63) is 39.8 Å². The van der Waals surface area contributed by atoms with Gasteiger partial charge in [-0.1, -0.05) is 41.0 Å². The van der Waals surface area contributed by atoms with E-state index in [1.165, 1.54) is 24.0 Å². The van der Waals surface area contributed by atoms with Crippen LogP contribution in [-0.4, -0.2) is 31.3 Å². The number of aromatic amines is 1. The van der Waals surface area contributed by atoms with Gasteiger partial charge in [0, 0.05) is 6.20 Å². The van der Waals surface area contributed by atoms with Crippen molar-refractivity contribution in [2.24, 2.45) is 0 Å². The summed E-state index contributed by atoms with van der Waals surface area (Å²) in [6.45, 7) is 1.75. The summed E-state index contributed by atoms with van der Waals surface area (Å²) >= 11 is 14.6. The van der Waals surface area contributed by atoms with Gasteiger partial charge in [0.1, 0.15) is 0 Å². The van der Waals surface area contributed by atoms with Crippen LogP contribution in [0, 0.1) is 0 Å². The molecule has 3 aromatic rings. The number of H-pyrrole nitrogens is 1. The van der Waals surface area contributed by atoms with Crippen LogP contribution in [-0.2, 0) is 4.79 Å². The lowest BCUT2D eigenvalue weighted by atomic mass is 10.4. The number of aromatic nitrogens is 4. The first-order chi connectivity index (χ1) is 11.5. The predicted octanol–water partition coefficient (Wildman–Crippen LogP) is 4.35. The van der Waals surface area contributed by atoms with Crippen molar-refractivity contribution in [1.29, 1.82) is 0 Å². The lowest BCUT2D eigenvalue weighted by Crippen LogP contribution is -2.23. The summed E-state index contributed by atoms with van der Waals surface area (Å²) < 4.78 is 0. The van der Waals surface area contributed by atoms with E-state index in [0.29, 0.717) is 16.0 Å². The maximum Gasteiger partial charge on any atom is 0.238 e. The van der Waals surface area contributed by atoms with Gasteiger partial charge in [0.25, 0.3) is 0 Å². The predicted molar refractivity (Wildman–Crippen MR) is 97.9 cm³/mol. The lowest BCUT2D eigenvalue weighted by Gasteiger charge is -2.10. The molecule has 0 saturated heterocycles. The zero-order chi connectivity index (χ0) is 17.1. The van der Waals surface area contributed by atoms with E-state index >= 15 is 0 Å². The lowest BCUT2D eigenvalue weighted by molar-refractivity contribution is -0.115. The van der Waals surface area contributed by atoms with Crippen LogP contribution in [0.2, 0.25) is 10.0 Å². The number of nitrogens with one attached hydrogen (secondary N) is 2.